The molecule has 0 aliphatic carbocycles. The second-order valence-corrected chi connectivity index (χ2v) is 8.28. The Morgan fingerprint density at radius 1 is 1.25 bits per heavy atom. The number of aliphatic hydroxyl groups excluding tert-OH is 1. The van der Waals surface area contributed by atoms with Crippen molar-refractivity contribution in [3.05, 3.63) is 60.2 Å². The summed E-state index contributed by atoms with van der Waals surface area (Å²) in [4.78, 5) is 19.4. The van der Waals surface area contributed by atoms with Gasteiger partial charge < -0.3 is 19.7 Å². The Hall–Kier alpha value is -3.65. The predicted octanol–water partition coefficient (Wildman–Crippen LogP) is 3.75. The van der Waals surface area contributed by atoms with Crippen molar-refractivity contribution >= 4 is 28.2 Å². The van der Waals surface area contributed by atoms with E-state index in [1.54, 1.807) is 23.0 Å². The fourth-order valence-corrected chi connectivity index (χ4v) is 4.22. The van der Waals surface area contributed by atoms with Crippen molar-refractivity contribution in [2.45, 2.75) is 25.9 Å². The summed E-state index contributed by atoms with van der Waals surface area (Å²) in [7, 11) is 1.87. The molecule has 5 rings (SSSR count). The lowest BCUT2D eigenvalue weighted by atomic mass is 10.1. The molecule has 8 nitrogen and oxygen atoms in total. The molecule has 3 aromatic heterocycles. The van der Waals surface area contributed by atoms with Gasteiger partial charge in [0, 0.05) is 49.2 Å². The number of piperidine rings is 1. The lowest BCUT2D eigenvalue weighted by Gasteiger charge is -2.33. The average molecular weight is 431 g/mol. The maximum atomic E-state index is 13.1. The van der Waals surface area contributed by atoms with Gasteiger partial charge in [0.2, 0.25) is 0 Å². The maximum absolute atomic E-state index is 13.1. The van der Waals surface area contributed by atoms with Crippen LogP contribution in [-0.4, -0.2) is 45.0 Å². The van der Waals surface area contributed by atoms with E-state index in [0.717, 1.165) is 47.2 Å². The fraction of sp³-hybridized carbons (Fsp3) is 0.292. The van der Waals surface area contributed by atoms with Gasteiger partial charge in [-0.15, -0.1) is 0 Å². The van der Waals surface area contributed by atoms with Gasteiger partial charge in [-0.3, -0.25) is 14.5 Å². The molecule has 164 valence electrons. The van der Waals surface area contributed by atoms with Gasteiger partial charge in [-0.2, -0.15) is 5.10 Å². The summed E-state index contributed by atoms with van der Waals surface area (Å²) < 4.78 is 7.59. The molecule has 1 saturated heterocycles. The number of fused-ring (bicyclic) bond motifs is 1. The van der Waals surface area contributed by atoms with E-state index in [2.05, 4.69) is 20.3 Å². The maximum Gasteiger partial charge on any atom is 0.291 e. The Labute approximate surface area is 185 Å². The first-order valence-corrected chi connectivity index (χ1v) is 10.7. The van der Waals surface area contributed by atoms with Crippen molar-refractivity contribution in [3.63, 3.8) is 0 Å². The molecule has 8 heteroatoms. The van der Waals surface area contributed by atoms with Crippen molar-refractivity contribution in [2.75, 3.05) is 23.3 Å². The van der Waals surface area contributed by atoms with E-state index in [1.807, 2.05) is 44.4 Å². The number of aromatic nitrogens is 3. The quantitative estimate of drug-likeness (QED) is 0.511. The van der Waals surface area contributed by atoms with E-state index in [0.29, 0.717) is 18.0 Å². The molecule has 4 heterocycles. The van der Waals surface area contributed by atoms with Gasteiger partial charge in [0.05, 0.1) is 23.0 Å². The van der Waals surface area contributed by atoms with E-state index < -0.39 is 0 Å². The summed E-state index contributed by atoms with van der Waals surface area (Å²) in [6.45, 7) is 3.24. The fourth-order valence-electron chi connectivity index (χ4n) is 4.22. The van der Waals surface area contributed by atoms with Crippen molar-refractivity contribution in [3.8, 4) is 11.3 Å². The first-order valence-electron chi connectivity index (χ1n) is 10.7. The third-order valence-corrected chi connectivity index (χ3v) is 5.73. The molecule has 0 saturated carbocycles. The third kappa shape index (κ3) is 3.97. The highest BCUT2D eigenvalue weighted by Gasteiger charge is 2.23. The normalized spacial score (nSPS) is 16.5. The molecular weight excluding hydrogens is 406 g/mol. The van der Waals surface area contributed by atoms with E-state index in [-0.39, 0.29) is 17.8 Å². The second kappa shape index (κ2) is 8.12. The van der Waals surface area contributed by atoms with Crippen LogP contribution in [0.25, 0.3) is 22.2 Å². The lowest BCUT2D eigenvalue weighted by Crippen LogP contribution is -2.38. The lowest BCUT2D eigenvalue weighted by molar-refractivity contribution is 0.0997. The van der Waals surface area contributed by atoms with E-state index in [9.17, 15) is 9.90 Å². The Kier molecular flexibility index (Phi) is 5.14. The zero-order chi connectivity index (χ0) is 22.2. The molecule has 2 N–H and O–H groups in total. The number of amides is 1. The summed E-state index contributed by atoms with van der Waals surface area (Å²) in [5.41, 5.74) is 4.11. The number of β-amino-alcohol motifs (C(OH)–C–C–N with tert-alkyl or cyclic N) is 1. The number of nitrogens with one attached hydrogen (secondary N) is 1. The van der Waals surface area contributed by atoms with Gasteiger partial charge in [-0.05, 0) is 56.2 Å². The molecule has 4 aromatic rings. The number of hydrogen-bond acceptors (Lipinski definition) is 6. The summed E-state index contributed by atoms with van der Waals surface area (Å²) in [5.74, 6) is 0.511. The number of hydrogen-bond donors (Lipinski definition) is 2. The highest BCUT2D eigenvalue weighted by Crippen LogP contribution is 2.33. The van der Waals surface area contributed by atoms with Gasteiger partial charge in [0.1, 0.15) is 5.76 Å². The molecule has 1 unspecified atom stereocenters. The minimum absolute atomic E-state index is 0.227. The van der Waals surface area contributed by atoms with E-state index in [4.69, 9.17) is 4.42 Å². The van der Waals surface area contributed by atoms with Crippen LogP contribution in [0.3, 0.4) is 0 Å². The SMILES string of the molecule is Cc1cc(-c2ccc(C(=O)Nc3cc4cn(C)nc4cc3N3CCCC(O)C3)o2)ccn1. The Balaban J connectivity index is 1.46. The summed E-state index contributed by atoms with van der Waals surface area (Å²) in [6.07, 6.45) is 4.92. The average Bonchev–Trinajstić information content (AvgIpc) is 3.39. The summed E-state index contributed by atoms with van der Waals surface area (Å²) in [5, 5.41) is 18.6. The van der Waals surface area contributed by atoms with Crippen LogP contribution in [0.5, 0.6) is 0 Å². The number of furan rings is 1. The number of carbonyl (C=O) groups is 1. The number of pyridine rings is 1. The predicted molar refractivity (Wildman–Crippen MR) is 123 cm³/mol. The number of carbonyl (C=O) groups excluding carboxylic acids is 1. The van der Waals surface area contributed by atoms with Crippen LogP contribution >= 0.6 is 0 Å². The number of rotatable bonds is 4. The van der Waals surface area contributed by atoms with E-state index in [1.165, 1.54) is 0 Å². The molecule has 0 spiro atoms. The zero-order valence-corrected chi connectivity index (χ0v) is 18.1. The van der Waals surface area contributed by atoms with Gasteiger partial charge in [-0.25, -0.2) is 0 Å². The molecule has 1 atom stereocenters. The van der Waals surface area contributed by atoms with Gasteiger partial charge >= 0.3 is 0 Å². The minimum Gasteiger partial charge on any atom is -0.451 e. The smallest absolute Gasteiger partial charge is 0.291 e. The van der Waals surface area contributed by atoms with Crippen molar-refractivity contribution in [1.82, 2.24) is 14.8 Å². The zero-order valence-electron chi connectivity index (χ0n) is 18.1. The van der Waals surface area contributed by atoms with Crippen LogP contribution in [0.1, 0.15) is 29.1 Å². The standard InChI is InChI=1S/C24H25N5O3/c1-15-10-16(7-8-25-15)22-5-6-23(32-22)24(31)26-20-11-17-13-28(2)27-19(17)12-21(20)29-9-3-4-18(30)14-29/h5-8,10-13,18,30H,3-4,9,14H2,1-2H3,(H,26,31). The number of benzene rings is 1. The molecular formula is C24H25N5O3. The van der Waals surface area contributed by atoms with Crippen LogP contribution in [0, 0.1) is 6.92 Å². The van der Waals surface area contributed by atoms with Crippen LogP contribution < -0.4 is 10.2 Å². The Morgan fingerprint density at radius 3 is 2.94 bits per heavy atom. The number of anilines is 2. The molecule has 1 amide bonds. The molecule has 32 heavy (non-hydrogen) atoms. The van der Waals surface area contributed by atoms with Gasteiger partial charge in [0.15, 0.2) is 5.76 Å². The monoisotopic (exact) mass is 431 g/mol. The first kappa shape index (κ1) is 20.3. The second-order valence-electron chi connectivity index (χ2n) is 8.28. The van der Waals surface area contributed by atoms with Crippen LogP contribution in [-0.2, 0) is 7.05 Å². The van der Waals surface area contributed by atoms with Crippen LogP contribution in [0.2, 0.25) is 0 Å². The first-order chi connectivity index (χ1) is 15.5. The molecule has 0 radical (unpaired) electrons. The summed E-state index contributed by atoms with van der Waals surface area (Å²) >= 11 is 0. The van der Waals surface area contributed by atoms with Crippen molar-refractivity contribution in [2.24, 2.45) is 7.05 Å². The molecule has 1 aliphatic rings. The Morgan fingerprint density at radius 2 is 2.12 bits per heavy atom. The highest BCUT2D eigenvalue weighted by atomic mass is 16.3. The van der Waals surface area contributed by atoms with Crippen LogP contribution in [0.4, 0.5) is 11.4 Å². The van der Waals surface area contributed by atoms with Crippen LogP contribution in [0.15, 0.2) is 53.2 Å². The minimum atomic E-state index is -0.386. The topological polar surface area (TPSA) is 96.4 Å². The molecule has 1 aliphatic heterocycles. The largest absolute Gasteiger partial charge is 0.451 e. The van der Waals surface area contributed by atoms with Crippen molar-refractivity contribution < 1.29 is 14.3 Å². The van der Waals surface area contributed by atoms with Gasteiger partial charge in [0.25, 0.3) is 5.91 Å². The number of nitrogens with zero attached hydrogens (tertiary/aromatic N) is 4. The molecule has 1 fully saturated rings. The number of aryl methyl sites for hydroxylation is 2. The molecule has 0 bridgehead atoms. The highest BCUT2D eigenvalue weighted by molar-refractivity contribution is 6.06. The van der Waals surface area contributed by atoms with Crippen molar-refractivity contribution in [1.29, 1.82) is 0 Å². The Bertz CT molecular complexity index is 1290. The number of aliphatic hydroxyl groups is 1. The third-order valence-electron chi connectivity index (χ3n) is 5.73. The van der Waals surface area contributed by atoms with Gasteiger partial charge in [-0.1, -0.05) is 0 Å². The molecule has 1 aromatic carbocycles. The summed E-state index contributed by atoms with van der Waals surface area (Å²) in [6, 6.07) is 11.1. The van der Waals surface area contributed by atoms with E-state index >= 15 is 0 Å².